The van der Waals surface area contributed by atoms with E-state index < -0.39 is 0 Å². The van der Waals surface area contributed by atoms with Crippen LogP contribution in [-0.2, 0) is 0 Å². The zero-order valence-corrected chi connectivity index (χ0v) is 14.9. The topological polar surface area (TPSA) is 27.7 Å². The van der Waals surface area contributed by atoms with Crippen molar-refractivity contribution in [2.45, 2.75) is 79.1 Å². The van der Waals surface area contributed by atoms with Crippen molar-refractivity contribution in [2.75, 3.05) is 0 Å². The van der Waals surface area contributed by atoms with Gasteiger partial charge in [-0.1, -0.05) is 0 Å². The summed E-state index contributed by atoms with van der Waals surface area (Å²) in [5, 5.41) is 0. The van der Waals surface area contributed by atoms with Crippen molar-refractivity contribution in [3.8, 4) is 17.2 Å². The third-order valence-electron chi connectivity index (χ3n) is 2.05. The Morgan fingerprint density at radius 3 is 1.24 bits per heavy atom. The first kappa shape index (κ1) is 17.7. The van der Waals surface area contributed by atoms with E-state index in [-0.39, 0.29) is 16.8 Å². The summed E-state index contributed by atoms with van der Waals surface area (Å²) >= 11 is 0. The van der Waals surface area contributed by atoms with Gasteiger partial charge in [-0.05, 0) is 62.3 Å². The Labute approximate surface area is 129 Å². The Kier molecular flexibility index (Phi) is 4.87. The summed E-state index contributed by atoms with van der Waals surface area (Å²) < 4.78 is 17.7. The highest BCUT2D eigenvalue weighted by atomic mass is 16.5. The largest absolute Gasteiger partial charge is 0.488 e. The maximum absolute atomic E-state index is 5.93. The minimum atomic E-state index is -0.296. The zero-order chi connectivity index (χ0) is 16.5. The van der Waals surface area contributed by atoms with Crippen molar-refractivity contribution < 1.29 is 14.2 Å². The molecule has 3 heteroatoms. The number of rotatable bonds is 3. The van der Waals surface area contributed by atoms with E-state index in [9.17, 15) is 0 Å². The number of hydrogen-bond acceptors (Lipinski definition) is 3. The van der Waals surface area contributed by atoms with Crippen LogP contribution in [0.5, 0.6) is 17.2 Å². The molecule has 0 aliphatic heterocycles. The number of benzene rings is 1. The van der Waals surface area contributed by atoms with Gasteiger partial charge in [0.05, 0.1) is 6.07 Å². The van der Waals surface area contributed by atoms with Crippen molar-refractivity contribution in [3.05, 3.63) is 18.2 Å². The number of hydrogen-bond donors (Lipinski definition) is 0. The molecule has 0 saturated carbocycles. The monoisotopic (exact) mass is 293 g/mol. The smallest absolute Gasteiger partial charge is 0.135 e. The lowest BCUT2D eigenvalue weighted by molar-refractivity contribution is 0.111. The molecular formula is C18H29O3. The average molecular weight is 293 g/mol. The van der Waals surface area contributed by atoms with E-state index in [1.54, 1.807) is 0 Å². The van der Waals surface area contributed by atoms with Gasteiger partial charge in [0.15, 0.2) is 0 Å². The second-order valence-electron chi connectivity index (χ2n) is 8.19. The molecule has 0 aromatic heterocycles. The van der Waals surface area contributed by atoms with Gasteiger partial charge >= 0.3 is 0 Å². The maximum atomic E-state index is 5.93. The molecule has 1 radical (unpaired) electrons. The van der Waals surface area contributed by atoms with Crippen molar-refractivity contribution in [2.24, 2.45) is 0 Å². The van der Waals surface area contributed by atoms with Crippen LogP contribution in [-0.4, -0.2) is 16.8 Å². The molecule has 21 heavy (non-hydrogen) atoms. The van der Waals surface area contributed by atoms with Crippen LogP contribution in [0.2, 0.25) is 0 Å². The summed E-state index contributed by atoms with van der Waals surface area (Å²) in [4.78, 5) is 0. The zero-order valence-electron chi connectivity index (χ0n) is 14.9. The van der Waals surface area contributed by atoms with Crippen molar-refractivity contribution >= 4 is 0 Å². The molecule has 0 aliphatic carbocycles. The number of ether oxygens (including phenoxy) is 3. The molecule has 0 bridgehead atoms. The van der Waals surface area contributed by atoms with E-state index in [0.717, 1.165) is 5.75 Å². The molecule has 0 saturated heterocycles. The minimum absolute atomic E-state index is 0.278. The summed E-state index contributed by atoms with van der Waals surface area (Å²) in [5.74, 6) is 1.98. The Balaban J connectivity index is 3.13. The van der Waals surface area contributed by atoms with Crippen molar-refractivity contribution in [1.82, 2.24) is 0 Å². The van der Waals surface area contributed by atoms with Crippen LogP contribution in [0.15, 0.2) is 12.1 Å². The molecule has 0 atom stereocenters. The van der Waals surface area contributed by atoms with E-state index in [1.807, 2.05) is 74.4 Å². The third kappa shape index (κ3) is 7.84. The quantitative estimate of drug-likeness (QED) is 0.783. The standard InChI is InChI=1S/C18H29O3/c1-16(2,3)19-13-10-14(20-17(4,5)6)12-15(11-13)21-18(7,8)9/h10-11H,1-9H3. The van der Waals surface area contributed by atoms with E-state index in [0.29, 0.717) is 11.5 Å². The van der Waals surface area contributed by atoms with E-state index in [2.05, 4.69) is 6.07 Å². The highest BCUT2D eigenvalue weighted by molar-refractivity contribution is 5.41. The van der Waals surface area contributed by atoms with E-state index in [4.69, 9.17) is 14.2 Å². The molecule has 0 unspecified atom stereocenters. The highest BCUT2D eigenvalue weighted by Gasteiger charge is 2.19. The fourth-order valence-corrected chi connectivity index (χ4v) is 1.68. The summed E-state index contributed by atoms with van der Waals surface area (Å²) in [6.07, 6.45) is 0. The van der Waals surface area contributed by atoms with Crippen LogP contribution in [0.25, 0.3) is 0 Å². The third-order valence-corrected chi connectivity index (χ3v) is 2.05. The van der Waals surface area contributed by atoms with Crippen LogP contribution in [0.3, 0.4) is 0 Å². The van der Waals surface area contributed by atoms with Crippen LogP contribution in [0, 0.1) is 6.07 Å². The van der Waals surface area contributed by atoms with Gasteiger partial charge in [0.1, 0.15) is 34.1 Å². The van der Waals surface area contributed by atoms with Crippen molar-refractivity contribution in [3.63, 3.8) is 0 Å². The Bertz CT molecular complexity index is 387. The maximum Gasteiger partial charge on any atom is 0.135 e. The van der Waals surface area contributed by atoms with Gasteiger partial charge in [0, 0.05) is 12.1 Å². The van der Waals surface area contributed by atoms with Gasteiger partial charge in [0.2, 0.25) is 0 Å². The van der Waals surface area contributed by atoms with Crippen LogP contribution in [0.4, 0.5) is 0 Å². The fraction of sp³-hybridized carbons (Fsp3) is 0.667. The SMILES string of the molecule is CC(C)(C)Oc1[c]c(OC(C)(C)C)cc(OC(C)(C)C)c1. The first-order valence-corrected chi connectivity index (χ1v) is 7.38. The molecule has 1 aromatic carbocycles. The van der Waals surface area contributed by atoms with Gasteiger partial charge in [-0.2, -0.15) is 0 Å². The predicted molar refractivity (Wildman–Crippen MR) is 86.4 cm³/mol. The summed E-state index contributed by atoms with van der Waals surface area (Å²) in [6.45, 7) is 18.1. The molecule has 0 spiro atoms. The lowest BCUT2D eigenvalue weighted by Gasteiger charge is -2.26. The average Bonchev–Trinajstić information content (AvgIpc) is 2.06. The van der Waals surface area contributed by atoms with E-state index >= 15 is 0 Å². The van der Waals surface area contributed by atoms with Gasteiger partial charge in [0.25, 0.3) is 0 Å². The Morgan fingerprint density at radius 2 is 0.952 bits per heavy atom. The van der Waals surface area contributed by atoms with Gasteiger partial charge < -0.3 is 14.2 Å². The molecule has 1 rings (SSSR count). The van der Waals surface area contributed by atoms with E-state index in [1.165, 1.54) is 0 Å². The predicted octanol–water partition coefficient (Wildman–Crippen LogP) is 5.02. The Hall–Kier alpha value is -1.38. The molecular weight excluding hydrogens is 264 g/mol. The summed E-state index contributed by atoms with van der Waals surface area (Å²) in [6, 6.07) is 6.87. The Morgan fingerprint density at radius 1 is 0.619 bits per heavy atom. The van der Waals surface area contributed by atoms with Crippen LogP contribution < -0.4 is 14.2 Å². The van der Waals surface area contributed by atoms with Crippen molar-refractivity contribution in [1.29, 1.82) is 0 Å². The van der Waals surface area contributed by atoms with Gasteiger partial charge in [-0.25, -0.2) is 0 Å². The second-order valence-corrected chi connectivity index (χ2v) is 8.19. The van der Waals surface area contributed by atoms with Crippen LogP contribution >= 0.6 is 0 Å². The lowest BCUT2D eigenvalue weighted by Crippen LogP contribution is -2.26. The molecule has 0 amide bonds. The summed E-state index contributed by atoms with van der Waals surface area (Å²) in [5.41, 5.74) is -0.870. The normalized spacial score (nSPS) is 13.0. The molecule has 0 fully saturated rings. The first-order chi connectivity index (χ1) is 9.23. The van der Waals surface area contributed by atoms with Crippen LogP contribution in [0.1, 0.15) is 62.3 Å². The van der Waals surface area contributed by atoms with Gasteiger partial charge in [-0.3, -0.25) is 0 Å². The molecule has 0 aliphatic rings. The molecule has 1 aromatic rings. The van der Waals surface area contributed by atoms with Gasteiger partial charge in [-0.15, -0.1) is 0 Å². The molecule has 119 valence electrons. The highest BCUT2D eigenvalue weighted by Crippen LogP contribution is 2.32. The first-order valence-electron chi connectivity index (χ1n) is 7.38. The summed E-state index contributed by atoms with van der Waals surface area (Å²) in [7, 11) is 0. The lowest BCUT2D eigenvalue weighted by atomic mass is 10.1. The minimum Gasteiger partial charge on any atom is -0.488 e. The fourth-order valence-electron chi connectivity index (χ4n) is 1.68. The second kappa shape index (κ2) is 5.78. The molecule has 3 nitrogen and oxygen atoms in total. The molecule has 0 N–H and O–H groups in total. The molecule has 0 heterocycles.